The van der Waals surface area contributed by atoms with Crippen LogP contribution >= 0.6 is 0 Å². The van der Waals surface area contributed by atoms with E-state index in [1.165, 1.54) is 28.8 Å². The first kappa shape index (κ1) is 46.2. The van der Waals surface area contributed by atoms with E-state index in [-0.39, 0.29) is 65.7 Å². The minimum Gasteiger partial charge on any atom is -0.507 e. The van der Waals surface area contributed by atoms with E-state index >= 15 is 8.78 Å². The zero-order valence-electron chi connectivity index (χ0n) is 37.5. The maximum Gasteiger partial charge on any atom is 0.355 e. The molecule has 0 saturated carbocycles. The van der Waals surface area contributed by atoms with Crippen LogP contribution in [0.4, 0.5) is 20.3 Å². The number of piperidine rings is 1. The van der Waals surface area contributed by atoms with Crippen molar-refractivity contribution in [1.29, 1.82) is 0 Å². The molecule has 1 unspecified atom stereocenters. The fourth-order valence-electron chi connectivity index (χ4n) is 9.31. The van der Waals surface area contributed by atoms with Crippen molar-refractivity contribution in [2.45, 2.75) is 77.9 Å². The van der Waals surface area contributed by atoms with E-state index in [1.54, 1.807) is 32.0 Å². The van der Waals surface area contributed by atoms with Crippen molar-refractivity contribution < 1.29 is 37.9 Å². The van der Waals surface area contributed by atoms with E-state index in [0.29, 0.717) is 80.1 Å². The van der Waals surface area contributed by atoms with Gasteiger partial charge in [-0.2, -0.15) is 4.98 Å². The summed E-state index contributed by atoms with van der Waals surface area (Å²) >= 11 is 0. The fourth-order valence-corrected chi connectivity index (χ4v) is 9.31. The van der Waals surface area contributed by atoms with E-state index in [0.717, 1.165) is 11.0 Å². The minimum atomic E-state index is -1.06. The molecular formula is C49H51F2N9O7. The van der Waals surface area contributed by atoms with Gasteiger partial charge in [-0.05, 0) is 87.1 Å². The average molecular weight is 916 g/mol. The maximum absolute atomic E-state index is 16.2. The molecule has 348 valence electrons. The summed E-state index contributed by atoms with van der Waals surface area (Å²) in [6, 6.07) is 12.1. The average Bonchev–Trinajstić information content (AvgIpc) is 3.54. The number of phenolic OH excluding ortho intramolecular Hbond substituents is 1. The lowest BCUT2D eigenvalue weighted by Gasteiger charge is -2.40. The first-order chi connectivity index (χ1) is 32.2. The SMILES string of the molecule is C=CCN1CCN(c2nc(=O)n(-c3c(C)ccc(CNC(=O)CCCCCNc4cccc5c4C(=O)N(C4CCC(=O)NC4=O)C5=O)c3C)c3nc(-c4c(O)cccc4F)c(F)cc23)[C@@H](C)C1. The number of carbonyl (C=O) groups excluding carboxylic acids is 5. The largest absolute Gasteiger partial charge is 0.507 e. The number of hydrogen-bond donors (Lipinski definition) is 4. The number of pyridine rings is 1. The minimum absolute atomic E-state index is 0.0163. The van der Waals surface area contributed by atoms with Gasteiger partial charge in [-0.3, -0.25) is 39.1 Å². The van der Waals surface area contributed by atoms with Crippen molar-refractivity contribution in [1.82, 2.24) is 35.0 Å². The number of phenols is 1. The van der Waals surface area contributed by atoms with Gasteiger partial charge in [0.25, 0.3) is 11.8 Å². The number of aromatic nitrogens is 3. The molecule has 2 atom stereocenters. The third-order valence-corrected chi connectivity index (χ3v) is 12.7. The summed E-state index contributed by atoms with van der Waals surface area (Å²) in [5.41, 5.74) is 1.63. The second-order valence-electron chi connectivity index (χ2n) is 17.2. The zero-order valence-corrected chi connectivity index (χ0v) is 37.5. The third kappa shape index (κ3) is 9.00. The summed E-state index contributed by atoms with van der Waals surface area (Å²) in [5.74, 6) is -4.58. The Morgan fingerprint density at radius 1 is 0.955 bits per heavy atom. The number of rotatable bonds is 15. The van der Waals surface area contributed by atoms with Gasteiger partial charge in [-0.15, -0.1) is 6.58 Å². The molecule has 2 fully saturated rings. The van der Waals surface area contributed by atoms with Gasteiger partial charge in [-0.1, -0.05) is 36.8 Å². The van der Waals surface area contributed by atoms with Crippen LogP contribution < -0.4 is 26.5 Å². The standard InChI is InChI=1S/C49H51F2N9O7/c1-5-21-57-22-23-58(28(3)26-57)44-32-24-34(51)42(41-33(50)12-10-14-37(41)61)55-45(32)60(49(67)56-44)43-27(2)16-17-30(29(43)4)25-53-38(62)15-7-6-8-20-52-35-13-9-11-31-40(35)48(66)59(47(31)65)36-18-19-39(63)54-46(36)64/h5,9-14,16-17,24,28,36,52,61H,1,6-8,15,18-23,25-26H2,2-4H3,(H,53,62)(H,54,63,64)/t28-,36?/m0/s1. The quantitative estimate of drug-likeness (QED) is 0.0591. The molecule has 16 nitrogen and oxygen atoms in total. The Kier molecular flexibility index (Phi) is 13.3. The van der Waals surface area contributed by atoms with E-state index in [4.69, 9.17) is 0 Å². The molecule has 2 saturated heterocycles. The van der Waals surface area contributed by atoms with Crippen molar-refractivity contribution in [3.05, 3.63) is 117 Å². The van der Waals surface area contributed by atoms with E-state index in [2.05, 4.69) is 37.4 Å². The number of benzene rings is 3. The van der Waals surface area contributed by atoms with Crippen LogP contribution in [0.25, 0.3) is 28.0 Å². The van der Waals surface area contributed by atoms with Gasteiger partial charge in [0.15, 0.2) is 11.5 Å². The number of carbonyl (C=O) groups is 5. The summed E-state index contributed by atoms with van der Waals surface area (Å²) in [5, 5.41) is 19.3. The number of fused-ring (bicyclic) bond motifs is 2. The van der Waals surface area contributed by atoms with Crippen LogP contribution in [-0.4, -0.2) is 104 Å². The predicted octanol–water partition coefficient (Wildman–Crippen LogP) is 5.43. The van der Waals surface area contributed by atoms with Gasteiger partial charge in [-0.25, -0.2) is 23.1 Å². The molecule has 4 N–H and O–H groups in total. The molecule has 5 aromatic rings. The van der Waals surface area contributed by atoms with Crippen LogP contribution in [0.2, 0.25) is 0 Å². The van der Waals surface area contributed by atoms with Gasteiger partial charge in [0.2, 0.25) is 17.7 Å². The molecule has 0 aliphatic carbocycles. The Morgan fingerprint density at radius 2 is 1.75 bits per heavy atom. The topological polar surface area (TPSA) is 199 Å². The van der Waals surface area contributed by atoms with Gasteiger partial charge >= 0.3 is 5.69 Å². The van der Waals surface area contributed by atoms with Crippen molar-refractivity contribution in [2.75, 3.05) is 42.9 Å². The summed E-state index contributed by atoms with van der Waals surface area (Å²) in [7, 11) is 0. The van der Waals surface area contributed by atoms with Crippen LogP contribution in [0.1, 0.15) is 82.9 Å². The summed E-state index contributed by atoms with van der Waals surface area (Å²) in [6.07, 6.45) is 4.01. The van der Waals surface area contributed by atoms with E-state index in [9.17, 15) is 33.9 Å². The predicted molar refractivity (Wildman–Crippen MR) is 247 cm³/mol. The number of anilines is 2. The number of nitrogens with zero attached hydrogens (tertiary/aromatic N) is 6. The second-order valence-corrected chi connectivity index (χ2v) is 17.2. The molecule has 0 radical (unpaired) electrons. The molecule has 2 aromatic heterocycles. The Hall–Kier alpha value is -7.34. The lowest BCUT2D eigenvalue weighted by molar-refractivity contribution is -0.136. The lowest BCUT2D eigenvalue weighted by atomic mass is 10.0. The van der Waals surface area contributed by atoms with Gasteiger partial charge in [0.1, 0.15) is 29.1 Å². The highest BCUT2D eigenvalue weighted by atomic mass is 19.1. The molecule has 0 spiro atoms. The number of nitrogens with one attached hydrogen (secondary N) is 3. The number of piperazine rings is 1. The second kappa shape index (κ2) is 19.2. The van der Waals surface area contributed by atoms with Crippen LogP contribution in [-0.2, 0) is 20.9 Å². The Morgan fingerprint density at radius 3 is 2.49 bits per heavy atom. The van der Waals surface area contributed by atoms with Gasteiger partial charge in [0.05, 0.1) is 27.8 Å². The summed E-state index contributed by atoms with van der Waals surface area (Å²) in [6.45, 7) is 12.4. The Balaban J connectivity index is 0.958. The zero-order chi connectivity index (χ0) is 47.7. The molecule has 67 heavy (non-hydrogen) atoms. The molecule has 3 aliphatic heterocycles. The molecule has 3 aliphatic rings. The van der Waals surface area contributed by atoms with Crippen molar-refractivity contribution in [3.8, 4) is 22.7 Å². The number of amides is 5. The van der Waals surface area contributed by atoms with Crippen LogP contribution in [0.15, 0.2) is 72.0 Å². The normalized spacial score (nSPS) is 17.5. The van der Waals surface area contributed by atoms with E-state index < -0.39 is 64.0 Å². The molecule has 8 rings (SSSR count). The molecule has 18 heteroatoms. The third-order valence-electron chi connectivity index (χ3n) is 12.7. The number of aromatic hydroxyl groups is 1. The first-order valence-electron chi connectivity index (χ1n) is 22.3. The smallest absolute Gasteiger partial charge is 0.355 e. The van der Waals surface area contributed by atoms with Crippen LogP contribution in [0.5, 0.6) is 5.75 Å². The van der Waals surface area contributed by atoms with Crippen molar-refractivity contribution in [3.63, 3.8) is 0 Å². The first-order valence-corrected chi connectivity index (χ1v) is 22.3. The Bertz CT molecular complexity index is 2900. The molecule has 3 aromatic carbocycles. The summed E-state index contributed by atoms with van der Waals surface area (Å²) < 4.78 is 32.8. The highest BCUT2D eigenvalue weighted by Gasteiger charge is 2.45. The number of halogens is 2. The van der Waals surface area contributed by atoms with Crippen LogP contribution in [0.3, 0.4) is 0 Å². The monoisotopic (exact) mass is 915 g/mol. The van der Waals surface area contributed by atoms with Gasteiger partial charge in [0, 0.05) is 63.8 Å². The molecule has 0 bridgehead atoms. The maximum atomic E-state index is 16.2. The van der Waals surface area contributed by atoms with Crippen molar-refractivity contribution in [2.24, 2.45) is 0 Å². The number of unbranched alkanes of at least 4 members (excludes halogenated alkanes) is 2. The highest BCUT2D eigenvalue weighted by Crippen LogP contribution is 2.37. The highest BCUT2D eigenvalue weighted by molar-refractivity contribution is 6.25. The number of imide groups is 2. The number of aryl methyl sites for hydroxylation is 1. The molecular weight excluding hydrogens is 865 g/mol. The van der Waals surface area contributed by atoms with E-state index in [1.807, 2.05) is 24.0 Å². The van der Waals surface area contributed by atoms with Crippen LogP contribution in [0, 0.1) is 25.5 Å². The van der Waals surface area contributed by atoms with Gasteiger partial charge < -0.3 is 20.6 Å². The van der Waals surface area contributed by atoms with Crippen molar-refractivity contribution >= 4 is 52.1 Å². The molecule has 5 amide bonds. The Labute approximate surface area is 384 Å². The molecule has 5 heterocycles. The fraction of sp³-hybridized carbons (Fsp3) is 0.347. The summed E-state index contributed by atoms with van der Waals surface area (Å²) in [4.78, 5) is 92.5. The lowest BCUT2D eigenvalue weighted by Crippen LogP contribution is -2.54. The number of hydrogen-bond acceptors (Lipinski definition) is 12.